The molecule has 0 aliphatic heterocycles. The lowest BCUT2D eigenvalue weighted by Gasteiger charge is -2.14. The van der Waals surface area contributed by atoms with Gasteiger partial charge in [0.25, 0.3) is 0 Å². The first-order chi connectivity index (χ1) is 9.92. The highest BCUT2D eigenvalue weighted by Gasteiger charge is 2.15. The van der Waals surface area contributed by atoms with Crippen LogP contribution in [0.25, 0.3) is 0 Å². The maximum absolute atomic E-state index is 6.17. The summed E-state index contributed by atoms with van der Waals surface area (Å²) in [5.41, 5.74) is 1.81. The highest BCUT2D eigenvalue weighted by molar-refractivity contribution is 6.30. The molecule has 1 aromatic heterocycles. The van der Waals surface area contributed by atoms with E-state index in [2.05, 4.69) is 9.97 Å². The molecule has 0 N–H and O–H groups in total. The fraction of sp³-hybridized carbons (Fsp3) is 0.375. The average Bonchev–Trinajstić information content (AvgIpc) is 2.45. The van der Waals surface area contributed by atoms with E-state index in [-0.39, 0.29) is 5.92 Å². The van der Waals surface area contributed by atoms with E-state index >= 15 is 0 Å². The van der Waals surface area contributed by atoms with E-state index in [0.717, 1.165) is 5.56 Å². The molecular weight excluding hydrogens is 288 g/mol. The summed E-state index contributed by atoms with van der Waals surface area (Å²) in [6.45, 7) is 7.85. The Morgan fingerprint density at radius 2 is 1.81 bits per heavy atom. The molecule has 0 spiro atoms. The Bertz CT molecular complexity index is 657. The van der Waals surface area contributed by atoms with Crippen LogP contribution in [0.1, 0.15) is 36.7 Å². The average molecular weight is 307 g/mol. The molecule has 0 amide bonds. The number of aromatic nitrogens is 2. The van der Waals surface area contributed by atoms with Crippen LogP contribution < -0.4 is 9.47 Å². The largest absolute Gasteiger partial charge is 0.493 e. The molecule has 0 unspecified atom stereocenters. The maximum atomic E-state index is 6.17. The number of rotatable bonds is 4. The van der Waals surface area contributed by atoms with Crippen LogP contribution in [0, 0.1) is 13.8 Å². The Morgan fingerprint density at radius 3 is 2.43 bits per heavy atom. The molecule has 1 aromatic carbocycles. The molecule has 2 aromatic rings. The molecule has 0 fully saturated rings. The second-order valence-corrected chi connectivity index (χ2v) is 5.57. The molecule has 0 radical (unpaired) electrons. The topological polar surface area (TPSA) is 44.2 Å². The van der Waals surface area contributed by atoms with E-state index in [1.54, 1.807) is 7.11 Å². The van der Waals surface area contributed by atoms with Gasteiger partial charge in [-0.15, -0.1) is 0 Å². The number of benzene rings is 1. The van der Waals surface area contributed by atoms with Crippen molar-refractivity contribution in [2.24, 2.45) is 0 Å². The van der Waals surface area contributed by atoms with Crippen molar-refractivity contribution in [2.45, 2.75) is 33.6 Å². The summed E-state index contributed by atoms with van der Waals surface area (Å²) >= 11 is 6.17. The SMILES string of the molecule is COc1cc(C)ccc1Oc1nc(C(C)C)nc(Cl)c1C. The van der Waals surface area contributed by atoms with Gasteiger partial charge in [0, 0.05) is 11.5 Å². The van der Waals surface area contributed by atoms with Crippen molar-refractivity contribution in [2.75, 3.05) is 7.11 Å². The fourth-order valence-corrected chi connectivity index (χ4v) is 1.97. The van der Waals surface area contributed by atoms with Gasteiger partial charge in [-0.1, -0.05) is 31.5 Å². The van der Waals surface area contributed by atoms with E-state index < -0.39 is 0 Å². The summed E-state index contributed by atoms with van der Waals surface area (Å²) in [5.74, 6) is 2.56. The van der Waals surface area contributed by atoms with Crippen molar-refractivity contribution in [1.82, 2.24) is 9.97 Å². The van der Waals surface area contributed by atoms with Crippen molar-refractivity contribution in [3.05, 3.63) is 40.3 Å². The van der Waals surface area contributed by atoms with E-state index in [1.807, 2.05) is 45.9 Å². The molecule has 5 heteroatoms. The molecule has 112 valence electrons. The molecule has 4 nitrogen and oxygen atoms in total. The summed E-state index contributed by atoms with van der Waals surface area (Å²) < 4.78 is 11.2. The predicted molar refractivity (Wildman–Crippen MR) is 83.7 cm³/mol. The van der Waals surface area contributed by atoms with Gasteiger partial charge in [-0.2, -0.15) is 4.98 Å². The Kier molecular flexibility index (Phi) is 4.68. The number of methoxy groups -OCH3 is 1. The number of ether oxygens (including phenoxy) is 2. The molecule has 0 aliphatic rings. The zero-order chi connectivity index (χ0) is 15.6. The van der Waals surface area contributed by atoms with E-state index in [9.17, 15) is 0 Å². The van der Waals surface area contributed by atoms with Gasteiger partial charge < -0.3 is 9.47 Å². The van der Waals surface area contributed by atoms with Crippen LogP contribution in [0.2, 0.25) is 5.15 Å². The van der Waals surface area contributed by atoms with Crippen LogP contribution in [-0.4, -0.2) is 17.1 Å². The second-order valence-electron chi connectivity index (χ2n) is 5.21. The molecule has 0 saturated heterocycles. The Balaban J connectivity index is 2.44. The highest BCUT2D eigenvalue weighted by Crippen LogP contribution is 2.34. The fourth-order valence-electron chi connectivity index (χ4n) is 1.81. The van der Waals surface area contributed by atoms with E-state index in [4.69, 9.17) is 21.1 Å². The standard InChI is InChI=1S/C16H19ClN2O2/c1-9(2)15-18-14(17)11(4)16(19-15)21-12-7-6-10(3)8-13(12)20-5/h6-9H,1-5H3. The Morgan fingerprint density at radius 1 is 1.10 bits per heavy atom. The van der Waals surface area contributed by atoms with Crippen molar-refractivity contribution in [3.8, 4) is 17.4 Å². The first-order valence-corrected chi connectivity index (χ1v) is 7.16. The van der Waals surface area contributed by atoms with Crippen LogP contribution in [0.15, 0.2) is 18.2 Å². The lowest BCUT2D eigenvalue weighted by Crippen LogP contribution is -2.03. The number of nitrogens with zero attached hydrogens (tertiary/aromatic N) is 2. The van der Waals surface area contributed by atoms with Gasteiger partial charge in [0.1, 0.15) is 11.0 Å². The molecule has 21 heavy (non-hydrogen) atoms. The van der Waals surface area contributed by atoms with Gasteiger partial charge in [-0.3, -0.25) is 0 Å². The summed E-state index contributed by atoms with van der Waals surface area (Å²) in [7, 11) is 1.61. The lowest BCUT2D eigenvalue weighted by molar-refractivity contribution is 0.371. The number of hydrogen-bond donors (Lipinski definition) is 0. The van der Waals surface area contributed by atoms with Crippen molar-refractivity contribution in [3.63, 3.8) is 0 Å². The van der Waals surface area contributed by atoms with Crippen molar-refractivity contribution < 1.29 is 9.47 Å². The number of halogens is 1. The van der Waals surface area contributed by atoms with Gasteiger partial charge in [-0.25, -0.2) is 4.98 Å². The van der Waals surface area contributed by atoms with Gasteiger partial charge in [0.05, 0.1) is 7.11 Å². The zero-order valence-electron chi connectivity index (χ0n) is 12.9. The van der Waals surface area contributed by atoms with E-state index in [1.165, 1.54) is 0 Å². The molecule has 2 rings (SSSR count). The smallest absolute Gasteiger partial charge is 0.227 e. The monoisotopic (exact) mass is 306 g/mol. The summed E-state index contributed by atoms with van der Waals surface area (Å²) in [6, 6.07) is 5.73. The van der Waals surface area contributed by atoms with Crippen LogP contribution in [0.4, 0.5) is 0 Å². The minimum absolute atomic E-state index is 0.172. The van der Waals surface area contributed by atoms with Crippen molar-refractivity contribution >= 4 is 11.6 Å². The van der Waals surface area contributed by atoms with Crippen LogP contribution in [0.5, 0.6) is 17.4 Å². The van der Waals surface area contributed by atoms with Crippen LogP contribution in [-0.2, 0) is 0 Å². The third-order valence-corrected chi connectivity index (χ3v) is 3.47. The summed E-state index contributed by atoms with van der Waals surface area (Å²) in [5, 5.41) is 0.412. The zero-order valence-corrected chi connectivity index (χ0v) is 13.7. The molecule has 0 aliphatic carbocycles. The third kappa shape index (κ3) is 3.45. The first-order valence-electron chi connectivity index (χ1n) is 6.79. The van der Waals surface area contributed by atoms with Gasteiger partial charge >= 0.3 is 0 Å². The second kappa shape index (κ2) is 6.31. The Labute approximate surface area is 130 Å². The summed E-state index contributed by atoms with van der Waals surface area (Å²) in [4.78, 5) is 8.73. The summed E-state index contributed by atoms with van der Waals surface area (Å²) in [6.07, 6.45) is 0. The highest BCUT2D eigenvalue weighted by atomic mass is 35.5. The number of aryl methyl sites for hydroxylation is 1. The van der Waals surface area contributed by atoms with Gasteiger partial charge in [-0.05, 0) is 31.5 Å². The van der Waals surface area contributed by atoms with Crippen LogP contribution >= 0.6 is 11.6 Å². The molecule has 1 heterocycles. The van der Waals surface area contributed by atoms with Crippen molar-refractivity contribution in [1.29, 1.82) is 0 Å². The predicted octanol–water partition coefficient (Wildman–Crippen LogP) is 4.67. The minimum Gasteiger partial charge on any atom is -0.493 e. The Hall–Kier alpha value is -1.81. The van der Waals surface area contributed by atoms with Gasteiger partial charge in [0.15, 0.2) is 11.5 Å². The van der Waals surface area contributed by atoms with Crippen LogP contribution in [0.3, 0.4) is 0 Å². The molecule has 0 bridgehead atoms. The first kappa shape index (κ1) is 15.6. The minimum atomic E-state index is 0.172. The lowest BCUT2D eigenvalue weighted by atomic mass is 10.2. The third-order valence-electron chi connectivity index (χ3n) is 3.10. The maximum Gasteiger partial charge on any atom is 0.227 e. The molecule has 0 atom stereocenters. The normalized spacial score (nSPS) is 10.8. The molecular formula is C16H19ClN2O2. The molecule has 0 saturated carbocycles. The quantitative estimate of drug-likeness (QED) is 0.770. The van der Waals surface area contributed by atoms with Gasteiger partial charge in [0.2, 0.25) is 5.88 Å². The number of hydrogen-bond acceptors (Lipinski definition) is 4. The van der Waals surface area contributed by atoms with E-state index in [0.29, 0.717) is 33.9 Å².